The van der Waals surface area contributed by atoms with Crippen LogP contribution in [0, 0.1) is 0 Å². The van der Waals surface area contributed by atoms with Crippen LogP contribution in [0.5, 0.6) is 0 Å². The molecule has 0 amide bonds. The molecule has 1 atom stereocenters. The smallest absolute Gasteiger partial charge is 0.220 e. The molecule has 0 spiro atoms. The molecule has 3 rings (SSSR count). The van der Waals surface area contributed by atoms with Crippen LogP contribution in [-0.4, -0.2) is 36.7 Å². The average Bonchev–Trinajstić information content (AvgIpc) is 2.94. The zero-order valence-electron chi connectivity index (χ0n) is 13.2. The second kappa shape index (κ2) is 8.59. The maximum atomic E-state index is 10.7. The van der Waals surface area contributed by atoms with Crippen LogP contribution in [0.2, 0.25) is 0 Å². The number of nitrogen functional groups attached to an aromatic ring is 2. The van der Waals surface area contributed by atoms with Gasteiger partial charge < -0.3 is 11.5 Å². The Labute approximate surface area is 138 Å². The van der Waals surface area contributed by atoms with Crippen molar-refractivity contribution in [2.75, 3.05) is 17.7 Å². The van der Waals surface area contributed by atoms with Gasteiger partial charge in [0.25, 0.3) is 0 Å². The maximum Gasteiger partial charge on any atom is 0.220 e. The third-order valence-corrected chi connectivity index (χ3v) is 4.22. The third kappa shape index (κ3) is 5.61. The first kappa shape index (κ1) is 17.4. The largest absolute Gasteiger partial charge is 0.384 e. The first-order chi connectivity index (χ1) is 11.1. The lowest BCUT2D eigenvalue weighted by Gasteiger charge is -2.20. The van der Waals surface area contributed by atoms with E-state index in [2.05, 4.69) is 24.9 Å². The molecule has 0 bridgehead atoms. The van der Waals surface area contributed by atoms with Gasteiger partial charge in [0, 0.05) is 18.5 Å². The molecular formula is C14H23N7OS. The molecule has 2 aromatic heterocycles. The Hall–Kier alpha value is -2.00. The second-order valence-corrected chi connectivity index (χ2v) is 6.55. The molecule has 0 saturated heterocycles. The first-order valence-electron chi connectivity index (χ1n) is 7.53. The normalized spacial score (nSPS) is 16.4. The summed E-state index contributed by atoms with van der Waals surface area (Å²) in [6.07, 6.45) is 11.2. The quantitative estimate of drug-likeness (QED) is 0.665. The summed E-state index contributed by atoms with van der Waals surface area (Å²) in [5.74, 6) is 0.691. The van der Waals surface area contributed by atoms with Gasteiger partial charge in [0.15, 0.2) is 0 Å². The molecule has 1 unspecified atom stereocenters. The number of anilines is 2. The molecule has 0 aliphatic heterocycles. The van der Waals surface area contributed by atoms with Crippen molar-refractivity contribution >= 4 is 22.8 Å². The summed E-state index contributed by atoms with van der Waals surface area (Å²) in [7, 11) is -0.813. The number of nitrogens with two attached hydrogens (primary N) is 2. The summed E-state index contributed by atoms with van der Waals surface area (Å²) in [4.78, 5) is 7.78. The van der Waals surface area contributed by atoms with E-state index in [0.29, 0.717) is 17.6 Å². The van der Waals surface area contributed by atoms with E-state index in [0.717, 1.165) is 5.56 Å². The molecular weight excluding hydrogens is 314 g/mol. The lowest BCUT2D eigenvalue weighted by Crippen LogP contribution is -2.31. The Morgan fingerprint density at radius 2 is 2.04 bits per heavy atom. The van der Waals surface area contributed by atoms with Gasteiger partial charge in [-0.15, -0.1) is 0 Å². The van der Waals surface area contributed by atoms with Crippen molar-refractivity contribution in [2.45, 2.75) is 38.1 Å². The van der Waals surface area contributed by atoms with E-state index >= 15 is 0 Å². The van der Waals surface area contributed by atoms with E-state index < -0.39 is 11.0 Å². The lowest BCUT2D eigenvalue weighted by molar-refractivity contribution is 0.419. The maximum absolute atomic E-state index is 10.7. The fourth-order valence-electron chi connectivity index (χ4n) is 2.48. The first-order valence-corrected chi connectivity index (χ1v) is 9.09. The van der Waals surface area contributed by atoms with Gasteiger partial charge in [0.1, 0.15) is 5.82 Å². The fraction of sp³-hybridized carbons (Fsp3) is 0.500. The molecule has 6 N–H and O–H groups in total. The van der Waals surface area contributed by atoms with E-state index in [9.17, 15) is 4.21 Å². The molecule has 0 aromatic carbocycles. The standard InChI is InChI=1S/C7H8N6.C7H15NOS/c8-6-4(3-11-13-6)5-1-2-10-7(9)12-5;1-10(9)8-7-5-3-2-4-6-7/h1-3H,(H3,8,11,13)(H2,9,10,12);7-8H,2-6H2,1H3. The van der Waals surface area contributed by atoms with Gasteiger partial charge in [-0.05, 0) is 18.9 Å². The van der Waals surface area contributed by atoms with Gasteiger partial charge in [-0.2, -0.15) is 5.10 Å². The van der Waals surface area contributed by atoms with Crippen molar-refractivity contribution in [2.24, 2.45) is 0 Å². The average molecular weight is 337 g/mol. The molecule has 1 aliphatic carbocycles. The Bertz CT molecular complexity index is 640. The molecule has 126 valence electrons. The summed E-state index contributed by atoms with van der Waals surface area (Å²) in [5.41, 5.74) is 12.4. The minimum Gasteiger partial charge on any atom is -0.384 e. The van der Waals surface area contributed by atoms with Crippen LogP contribution in [0.4, 0.5) is 11.8 Å². The van der Waals surface area contributed by atoms with Crippen molar-refractivity contribution < 1.29 is 4.21 Å². The minimum atomic E-state index is -0.813. The highest BCUT2D eigenvalue weighted by Gasteiger charge is 2.12. The summed E-state index contributed by atoms with van der Waals surface area (Å²) < 4.78 is 13.8. The molecule has 1 aliphatic rings. The Balaban J connectivity index is 0.000000174. The molecule has 0 radical (unpaired) electrons. The Morgan fingerprint density at radius 3 is 2.61 bits per heavy atom. The van der Waals surface area contributed by atoms with Gasteiger partial charge in [0.2, 0.25) is 5.95 Å². The zero-order chi connectivity index (χ0) is 16.7. The van der Waals surface area contributed by atoms with Crippen LogP contribution < -0.4 is 16.2 Å². The van der Waals surface area contributed by atoms with Crippen LogP contribution in [0.25, 0.3) is 11.3 Å². The number of aromatic nitrogens is 4. The van der Waals surface area contributed by atoms with Crippen molar-refractivity contribution in [3.05, 3.63) is 18.5 Å². The molecule has 23 heavy (non-hydrogen) atoms. The molecule has 2 aromatic rings. The number of nitrogens with one attached hydrogen (secondary N) is 2. The second-order valence-electron chi connectivity index (χ2n) is 5.40. The number of H-pyrrole nitrogens is 1. The zero-order valence-corrected chi connectivity index (χ0v) is 14.0. The van der Waals surface area contributed by atoms with Gasteiger partial charge in [-0.1, -0.05) is 19.3 Å². The molecule has 2 heterocycles. The van der Waals surface area contributed by atoms with Crippen molar-refractivity contribution in [1.82, 2.24) is 24.9 Å². The predicted molar refractivity (Wildman–Crippen MR) is 92.5 cm³/mol. The van der Waals surface area contributed by atoms with Gasteiger partial charge in [-0.3, -0.25) is 5.10 Å². The minimum absolute atomic E-state index is 0.220. The van der Waals surface area contributed by atoms with E-state index in [-0.39, 0.29) is 5.95 Å². The number of nitrogens with zero attached hydrogens (tertiary/aromatic N) is 3. The van der Waals surface area contributed by atoms with Crippen molar-refractivity contribution in [1.29, 1.82) is 0 Å². The van der Waals surface area contributed by atoms with E-state index in [1.165, 1.54) is 32.1 Å². The molecule has 1 fully saturated rings. The van der Waals surface area contributed by atoms with Crippen LogP contribution in [0.15, 0.2) is 18.5 Å². The predicted octanol–water partition coefficient (Wildman–Crippen LogP) is 1.23. The monoisotopic (exact) mass is 337 g/mol. The number of aromatic amines is 1. The summed E-state index contributed by atoms with van der Waals surface area (Å²) >= 11 is 0. The molecule has 9 heteroatoms. The van der Waals surface area contributed by atoms with Crippen molar-refractivity contribution in [3.63, 3.8) is 0 Å². The highest BCUT2D eigenvalue weighted by Crippen LogP contribution is 2.20. The number of rotatable bonds is 3. The Kier molecular flexibility index (Phi) is 6.48. The molecule has 8 nitrogen and oxygen atoms in total. The van der Waals surface area contributed by atoms with Crippen LogP contribution in [-0.2, 0) is 11.0 Å². The highest BCUT2D eigenvalue weighted by atomic mass is 32.2. The molecule has 1 saturated carbocycles. The van der Waals surface area contributed by atoms with Crippen LogP contribution >= 0.6 is 0 Å². The van der Waals surface area contributed by atoms with Gasteiger partial charge >= 0.3 is 0 Å². The van der Waals surface area contributed by atoms with Crippen LogP contribution in [0.1, 0.15) is 32.1 Å². The third-order valence-electron chi connectivity index (χ3n) is 3.56. The highest BCUT2D eigenvalue weighted by molar-refractivity contribution is 7.82. The topological polar surface area (TPSA) is 136 Å². The Morgan fingerprint density at radius 1 is 1.30 bits per heavy atom. The van der Waals surface area contributed by atoms with E-state index in [1.807, 2.05) is 0 Å². The van der Waals surface area contributed by atoms with Gasteiger partial charge in [-0.25, -0.2) is 18.9 Å². The van der Waals surface area contributed by atoms with E-state index in [4.69, 9.17) is 11.5 Å². The number of hydrogen-bond acceptors (Lipinski definition) is 6. The SMILES string of the molecule is CS(=O)NC1CCCCC1.Nc1nccc(-c2cn[nH]c2N)n1. The van der Waals surface area contributed by atoms with Crippen molar-refractivity contribution in [3.8, 4) is 11.3 Å². The number of hydrogen-bond donors (Lipinski definition) is 4. The fourth-order valence-corrected chi connectivity index (χ4v) is 3.18. The van der Waals surface area contributed by atoms with Gasteiger partial charge in [0.05, 0.1) is 28.4 Å². The summed E-state index contributed by atoms with van der Waals surface area (Å²) in [6.45, 7) is 0. The summed E-state index contributed by atoms with van der Waals surface area (Å²) in [5, 5.41) is 6.39. The van der Waals surface area contributed by atoms with Crippen LogP contribution in [0.3, 0.4) is 0 Å². The lowest BCUT2D eigenvalue weighted by atomic mass is 9.96. The van der Waals surface area contributed by atoms with E-state index in [1.54, 1.807) is 24.7 Å². The summed E-state index contributed by atoms with van der Waals surface area (Å²) in [6, 6.07) is 2.25.